The van der Waals surface area contributed by atoms with Crippen LogP contribution in [0.25, 0.3) is 0 Å². The second kappa shape index (κ2) is 4.54. The smallest absolute Gasteiger partial charge is 0.0601 e. The molecule has 0 bridgehead atoms. The van der Waals surface area contributed by atoms with Gasteiger partial charge in [-0.1, -0.05) is 25.4 Å². The van der Waals surface area contributed by atoms with E-state index in [1.807, 2.05) is 18.2 Å². The van der Waals surface area contributed by atoms with Crippen LogP contribution in [0.3, 0.4) is 0 Å². The molecule has 0 aromatic heterocycles. The molecule has 0 amide bonds. The molecule has 0 radical (unpaired) electrons. The van der Waals surface area contributed by atoms with Crippen molar-refractivity contribution in [1.29, 1.82) is 0 Å². The van der Waals surface area contributed by atoms with Crippen molar-refractivity contribution in [3.05, 3.63) is 23.2 Å². The first-order chi connectivity index (χ1) is 7.56. The van der Waals surface area contributed by atoms with Crippen LogP contribution in [0, 0.1) is 11.8 Å². The minimum atomic E-state index is 0.708. The third-order valence-electron chi connectivity index (χ3n) is 3.20. The lowest BCUT2D eigenvalue weighted by molar-refractivity contribution is 0.357. The Morgan fingerprint density at radius 2 is 1.88 bits per heavy atom. The summed E-state index contributed by atoms with van der Waals surface area (Å²) >= 11 is 5.91. The second-order valence-corrected chi connectivity index (χ2v) is 5.49. The molecule has 0 aliphatic carbocycles. The highest BCUT2D eigenvalue weighted by molar-refractivity contribution is 6.31. The number of hydrogen-bond acceptors (Lipinski definition) is 2. The van der Waals surface area contributed by atoms with Gasteiger partial charge in [0.25, 0.3) is 0 Å². The van der Waals surface area contributed by atoms with Gasteiger partial charge >= 0.3 is 0 Å². The van der Waals surface area contributed by atoms with E-state index in [0.717, 1.165) is 36.3 Å². The first kappa shape index (κ1) is 11.6. The summed E-state index contributed by atoms with van der Waals surface area (Å²) in [6, 6.07) is 5.78. The van der Waals surface area contributed by atoms with Crippen molar-refractivity contribution in [2.24, 2.45) is 11.8 Å². The van der Waals surface area contributed by atoms with E-state index in [4.69, 9.17) is 17.3 Å². The third kappa shape index (κ3) is 2.43. The van der Waals surface area contributed by atoms with Gasteiger partial charge in [0.2, 0.25) is 0 Å². The van der Waals surface area contributed by atoms with Crippen molar-refractivity contribution in [3.63, 3.8) is 0 Å². The van der Waals surface area contributed by atoms with Crippen LogP contribution in [-0.4, -0.2) is 13.1 Å². The summed E-state index contributed by atoms with van der Waals surface area (Å²) in [6.07, 6.45) is 1.31. The van der Waals surface area contributed by atoms with Gasteiger partial charge in [-0.3, -0.25) is 0 Å². The largest absolute Gasteiger partial charge is 0.397 e. The van der Waals surface area contributed by atoms with Gasteiger partial charge in [0.05, 0.1) is 11.4 Å². The summed E-state index contributed by atoms with van der Waals surface area (Å²) in [6.45, 7) is 6.79. The molecule has 1 aliphatic heterocycles. The number of rotatable bonds is 1. The molecule has 2 nitrogen and oxygen atoms in total. The minimum Gasteiger partial charge on any atom is -0.397 e. The zero-order chi connectivity index (χ0) is 11.7. The number of benzene rings is 1. The summed E-state index contributed by atoms with van der Waals surface area (Å²) < 4.78 is 0. The quantitative estimate of drug-likeness (QED) is 0.760. The highest BCUT2D eigenvalue weighted by Gasteiger charge is 2.22. The van der Waals surface area contributed by atoms with Crippen LogP contribution in [0.2, 0.25) is 5.02 Å². The first-order valence-corrected chi connectivity index (χ1v) is 6.24. The van der Waals surface area contributed by atoms with Crippen LogP contribution in [0.5, 0.6) is 0 Å². The van der Waals surface area contributed by atoms with E-state index in [9.17, 15) is 0 Å². The third-order valence-corrected chi connectivity index (χ3v) is 3.43. The SMILES string of the molecule is C[C@H]1C[C@H](C)CN(c2ccc(Cl)cc2N)C1. The van der Waals surface area contributed by atoms with E-state index in [1.165, 1.54) is 6.42 Å². The minimum absolute atomic E-state index is 0.708. The van der Waals surface area contributed by atoms with E-state index in [-0.39, 0.29) is 0 Å². The summed E-state index contributed by atoms with van der Waals surface area (Å²) in [4.78, 5) is 2.38. The molecule has 1 aromatic rings. The molecule has 2 atom stereocenters. The Morgan fingerprint density at radius 3 is 2.44 bits per heavy atom. The Labute approximate surface area is 102 Å². The average molecular weight is 239 g/mol. The lowest BCUT2D eigenvalue weighted by Crippen LogP contribution is -2.39. The molecule has 1 aliphatic rings. The Morgan fingerprint density at radius 1 is 1.25 bits per heavy atom. The van der Waals surface area contributed by atoms with Gasteiger partial charge in [-0.2, -0.15) is 0 Å². The van der Waals surface area contributed by atoms with Crippen LogP contribution < -0.4 is 10.6 Å². The average Bonchev–Trinajstić information content (AvgIpc) is 2.15. The number of nitrogen functional groups attached to an aromatic ring is 1. The van der Waals surface area contributed by atoms with Gasteiger partial charge in [-0.05, 0) is 36.5 Å². The molecular formula is C13H19ClN2. The van der Waals surface area contributed by atoms with E-state index >= 15 is 0 Å². The van der Waals surface area contributed by atoms with E-state index in [1.54, 1.807) is 0 Å². The standard InChI is InChI=1S/C13H19ClN2/c1-9-5-10(2)8-16(7-9)13-4-3-11(14)6-12(13)15/h3-4,6,9-10H,5,7-8,15H2,1-2H3/t9-,10-/m0/s1. The zero-order valence-electron chi connectivity index (χ0n) is 9.91. The molecule has 1 saturated heterocycles. The lowest BCUT2D eigenvalue weighted by Gasteiger charge is -2.37. The number of anilines is 2. The molecule has 0 spiro atoms. The van der Waals surface area contributed by atoms with Crippen molar-refractivity contribution in [3.8, 4) is 0 Å². The van der Waals surface area contributed by atoms with Crippen molar-refractivity contribution < 1.29 is 0 Å². The van der Waals surface area contributed by atoms with E-state index in [0.29, 0.717) is 5.02 Å². The van der Waals surface area contributed by atoms with Gasteiger partial charge in [-0.15, -0.1) is 0 Å². The maximum Gasteiger partial charge on any atom is 0.0601 e. The maximum atomic E-state index is 6.02. The van der Waals surface area contributed by atoms with E-state index < -0.39 is 0 Å². The molecule has 1 aromatic carbocycles. The maximum absolute atomic E-state index is 6.02. The van der Waals surface area contributed by atoms with Gasteiger partial charge < -0.3 is 10.6 Å². The molecule has 88 valence electrons. The van der Waals surface area contributed by atoms with Crippen LogP contribution in [0.15, 0.2) is 18.2 Å². The molecule has 0 saturated carbocycles. The number of nitrogens with two attached hydrogens (primary N) is 1. The monoisotopic (exact) mass is 238 g/mol. The van der Waals surface area contributed by atoms with Crippen molar-refractivity contribution >= 4 is 23.0 Å². The summed E-state index contributed by atoms with van der Waals surface area (Å²) in [7, 11) is 0. The van der Waals surface area contributed by atoms with Crippen molar-refractivity contribution in [1.82, 2.24) is 0 Å². The highest BCUT2D eigenvalue weighted by Crippen LogP contribution is 2.31. The van der Waals surface area contributed by atoms with E-state index in [2.05, 4.69) is 18.7 Å². The lowest BCUT2D eigenvalue weighted by atomic mass is 9.91. The fraction of sp³-hybridized carbons (Fsp3) is 0.538. The highest BCUT2D eigenvalue weighted by atomic mass is 35.5. The Bertz CT molecular complexity index is 368. The predicted octanol–water partition coefficient (Wildman–Crippen LogP) is 3.40. The molecule has 1 heterocycles. The van der Waals surface area contributed by atoms with Gasteiger partial charge in [-0.25, -0.2) is 0 Å². The molecule has 2 rings (SSSR count). The molecule has 2 N–H and O–H groups in total. The molecule has 0 unspecified atom stereocenters. The van der Waals surface area contributed by atoms with Gasteiger partial charge in [0, 0.05) is 18.1 Å². The summed E-state index contributed by atoms with van der Waals surface area (Å²) in [5.74, 6) is 1.47. The number of hydrogen-bond donors (Lipinski definition) is 1. The second-order valence-electron chi connectivity index (χ2n) is 5.05. The van der Waals surface area contributed by atoms with Crippen LogP contribution >= 0.6 is 11.6 Å². The topological polar surface area (TPSA) is 29.3 Å². The fourth-order valence-corrected chi connectivity index (χ4v) is 2.85. The number of piperidine rings is 1. The molecule has 16 heavy (non-hydrogen) atoms. The zero-order valence-corrected chi connectivity index (χ0v) is 10.7. The molecule has 3 heteroatoms. The number of halogens is 1. The van der Waals surface area contributed by atoms with Crippen LogP contribution in [0.1, 0.15) is 20.3 Å². The Balaban J connectivity index is 2.23. The van der Waals surface area contributed by atoms with Crippen LogP contribution in [0.4, 0.5) is 11.4 Å². The summed E-state index contributed by atoms with van der Waals surface area (Å²) in [5.41, 5.74) is 7.93. The van der Waals surface area contributed by atoms with Crippen molar-refractivity contribution in [2.45, 2.75) is 20.3 Å². The predicted molar refractivity (Wildman–Crippen MR) is 71.0 cm³/mol. The number of nitrogens with zero attached hydrogens (tertiary/aromatic N) is 1. The first-order valence-electron chi connectivity index (χ1n) is 5.86. The Kier molecular flexibility index (Phi) is 3.29. The van der Waals surface area contributed by atoms with Gasteiger partial charge in [0.15, 0.2) is 0 Å². The van der Waals surface area contributed by atoms with Gasteiger partial charge in [0.1, 0.15) is 0 Å². The summed E-state index contributed by atoms with van der Waals surface area (Å²) in [5, 5.41) is 0.708. The molecular weight excluding hydrogens is 220 g/mol. The molecule has 1 fully saturated rings. The normalized spacial score (nSPS) is 25.8. The Hall–Kier alpha value is -0.890. The van der Waals surface area contributed by atoms with Crippen molar-refractivity contribution in [2.75, 3.05) is 23.7 Å². The van der Waals surface area contributed by atoms with Crippen LogP contribution in [-0.2, 0) is 0 Å². The fourth-order valence-electron chi connectivity index (χ4n) is 2.67.